The molecule has 0 aromatic carbocycles. The van der Waals surface area contributed by atoms with Gasteiger partial charge in [0, 0.05) is 6.42 Å². The molecule has 0 spiro atoms. The molecule has 23 heavy (non-hydrogen) atoms. The minimum atomic E-state index is -0.118. The van der Waals surface area contributed by atoms with Crippen LogP contribution in [0.4, 0.5) is 0 Å². The Morgan fingerprint density at radius 1 is 1.09 bits per heavy atom. The maximum absolute atomic E-state index is 12.2. The molecule has 4 aliphatic rings. The summed E-state index contributed by atoms with van der Waals surface area (Å²) in [6.07, 6.45) is 7.35. The van der Waals surface area contributed by atoms with Crippen LogP contribution in [-0.2, 0) is 4.79 Å². The summed E-state index contributed by atoms with van der Waals surface area (Å²) in [5.74, 6) is 2.60. The molecule has 128 valence electrons. The molecule has 0 bridgehead atoms. The Kier molecular flexibility index (Phi) is 3.57. The molecule has 7 atom stereocenters. The highest BCUT2D eigenvalue weighted by Crippen LogP contribution is 2.66. The number of allylic oxidation sites excluding steroid dienone is 2. The predicted molar refractivity (Wildman–Crippen MR) is 92.1 cm³/mol. The fourth-order valence-corrected chi connectivity index (χ4v) is 7.34. The van der Waals surface area contributed by atoms with E-state index in [0.29, 0.717) is 35.1 Å². The Morgan fingerprint density at radius 2 is 1.83 bits per heavy atom. The van der Waals surface area contributed by atoms with Crippen molar-refractivity contribution >= 4 is 17.4 Å². The quantitative estimate of drug-likeness (QED) is 0.696. The van der Waals surface area contributed by atoms with E-state index in [1.807, 2.05) is 0 Å². The van der Waals surface area contributed by atoms with Gasteiger partial charge in [0.25, 0.3) is 0 Å². The van der Waals surface area contributed by atoms with Crippen molar-refractivity contribution in [3.05, 3.63) is 10.6 Å². The fraction of sp³-hybridized carbons (Fsp3) is 0.850. The van der Waals surface area contributed by atoms with Crippen molar-refractivity contribution in [2.24, 2.45) is 34.5 Å². The van der Waals surface area contributed by atoms with Gasteiger partial charge in [0.2, 0.25) is 0 Å². The van der Waals surface area contributed by atoms with Crippen LogP contribution in [0.15, 0.2) is 10.6 Å². The smallest absolute Gasteiger partial charge is 0.174 e. The molecule has 3 heteroatoms. The summed E-state index contributed by atoms with van der Waals surface area (Å²) in [4.78, 5) is 12.2. The number of halogens is 1. The molecule has 7 unspecified atom stereocenters. The van der Waals surface area contributed by atoms with Crippen molar-refractivity contribution in [3.8, 4) is 0 Å². The van der Waals surface area contributed by atoms with Crippen LogP contribution in [-0.4, -0.2) is 17.0 Å². The van der Waals surface area contributed by atoms with Gasteiger partial charge in [0.05, 0.1) is 11.1 Å². The van der Waals surface area contributed by atoms with Crippen LogP contribution >= 0.6 is 11.6 Å². The largest absolute Gasteiger partial charge is 0.393 e. The average Bonchev–Trinajstić information content (AvgIpc) is 2.83. The van der Waals surface area contributed by atoms with Crippen molar-refractivity contribution in [2.75, 3.05) is 0 Å². The van der Waals surface area contributed by atoms with Crippen molar-refractivity contribution in [1.82, 2.24) is 0 Å². The zero-order valence-corrected chi connectivity index (χ0v) is 15.3. The van der Waals surface area contributed by atoms with Gasteiger partial charge in [-0.3, -0.25) is 4.79 Å². The summed E-state index contributed by atoms with van der Waals surface area (Å²) in [5.41, 5.74) is 1.36. The van der Waals surface area contributed by atoms with Crippen LogP contribution in [0.1, 0.15) is 65.7 Å². The first-order chi connectivity index (χ1) is 10.8. The molecule has 0 aliphatic heterocycles. The van der Waals surface area contributed by atoms with Gasteiger partial charge in [-0.25, -0.2) is 0 Å². The highest BCUT2D eigenvalue weighted by molar-refractivity contribution is 6.43. The number of hydrogen-bond donors (Lipinski definition) is 1. The molecule has 0 aromatic heterocycles. The minimum absolute atomic E-state index is 0.0861. The maximum atomic E-state index is 12.2. The number of hydrogen-bond acceptors (Lipinski definition) is 2. The first kappa shape index (κ1) is 16.1. The Morgan fingerprint density at radius 3 is 2.57 bits per heavy atom. The minimum Gasteiger partial charge on any atom is -0.393 e. The van der Waals surface area contributed by atoms with Gasteiger partial charge in [-0.1, -0.05) is 25.4 Å². The van der Waals surface area contributed by atoms with E-state index in [2.05, 4.69) is 20.8 Å². The Balaban J connectivity index is 1.74. The first-order valence-electron chi connectivity index (χ1n) is 9.38. The second-order valence-corrected chi connectivity index (χ2v) is 9.52. The predicted octanol–water partition coefficient (Wildman–Crippen LogP) is 4.69. The summed E-state index contributed by atoms with van der Waals surface area (Å²) < 4.78 is 0. The number of Topliss-reactive ketones (excluding diaryl/α,β-unsaturated/α-hetero) is 1. The lowest BCUT2D eigenvalue weighted by atomic mass is 9.45. The summed E-state index contributed by atoms with van der Waals surface area (Å²) in [7, 11) is 0. The highest BCUT2D eigenvalue weighted by Gasteiger charge is 2.61. The highest BCUT2D eigenvalue weighted by atomic mass is 35.5. The number of carbonyl (C=O) groups is 1. The van der Waals surface area contributed by atoms with E-state index in [-0.39, 0.29) is 22.7 Å². The third kappa shape index (κ3) is 1.94. The molecular formula is C20H29ClO2. The van der Waals surface area contributed by atoms with E-state index in [0.717, 1.165) is 24.8 Å². The van der Waals surface area contributed by atoms with E-state index < -0.39 is 0 Å². The molecule has 0 aromatic rings. The molecule has 1 N–H and O–H groups in total. The number of aliphatic hydroxyl groups is 1. The molecule has 0 amide bonds. The van der Waals surface area contributed by atoms with Crippen molar-refractivity contribution in [2.45, 2.75) is 71.8 Å². The summed E-state index contributed by atoms with van der Waals surface area (Å²) >= 11 is 6.41. The zero-order valence-electron chi connectivity index (χ0n) is 14.6. The van der Waals surface area contributed by atoms with Gasteiger partial charge in [0.1, 0.15) is 0 Å². The van der Waals surface area contributed by atoms with Gasteiger partial charge in [-0.2, -0.15) is 0 Å². The van der Waals surface area contributed by atoms with Gasteiger partial charge in [-0.15, -0.1) is 0 Å². The van der Waals surface area contributed by atoms with Crippen LogP contribution in [0.3, 0.4) is 0 Å². The summed E-state index contributed by atoms with van der Waals surface area (Å²) in [6.45, 7) is 6.80. The third-order valence-electron chi connectivity index (χ3n) is 8.67. The normalized spacial score (nSPS) is 52.9. The summed E-state index contributed by atoms with van der Waals surface area (Å²) in [5, 5.41) is 11.0. The van der Waals surface area contributed by atoms with Crippen LogP contribution in [0.25, 0.3) is 0 Å². The second-order valence-electron chi connectivity index (χ2n) is 9.14. The molecule has 4 aliphatic carbocycles. The van der Waals surface area contributed by atoms with Gasteiger partial charge < -0.3 is 5.11 Å². The molecule has 2 nitrogen and oxygen atoms in total. The van der Waals surface area contributed by atoms with Crippen molar-refractivity contribution < 1.29 is 9.90 Å². The fourth-order valence-electron chi connectivity index (χ4n) is 7.06. The monoisotopic (exact) mass is 336 g/mol. The lowest BCUT2D eigenvalue weighted by molar-refractivity contribution is -0.125. The van der Waals surface area contributed by atoms with Gasteiger partial charge >= 0.3 is 0 Å². The average molecular weight is 337 g/mol. The van der Waals surface area contributed by atoms with Crippen LogP contribution < -0.4 is 0 Å². The Bertz CT molecular complexity index is 582. The number of rotatable bonds is 0. The standard InChI is InChI=1S/C20H29ClO2/c1-11-18(21)16(22)10-12-4-5-13-14-6-7-17(23)19(14,2)9-8-15(13)20(11,12)3/h12-15,17,23H,4-10H2,1-3H3. The Hall–Kier alpha value is -0.340. The van der Waals surface area contributed by atoms with E-state index in [4.69, 9.17) is 11.6 Å². The van der Waals surface area contributed by atoms with Crippen LogP contribution in [0.5, 0.6) is 0 Å². The topological polar surface area (TPSA) is 37.3 Å². The zero-order chi connectivity index (χ0) is 16.6. The first-order valence-corrected chi connectivity index (χ1v) is 9.76. The third-order valence-corrected chi connectivity index (χ3v) is 9.16. The van der Waals surface area contributed by atoms with Crippen LogP contribution in [0.2, 0.25) is 0 Å². The van der Waals surface area contributed by atoms with E-state index in [1.54, 1.807) is 0 Å². The van der Waals surface area contributed by atoms with Crippen molar-refractivity contribution in [1.29, 1.82) is 0 Å². The number of aliphatic hydroxyl groups excluding tert-OH is 1. The molecule has 0 radical (unpaired) electrons. The van der Waals surface area contributed by atoms with E-state index in [9.17, 15) is 9.90 Å². The molecule has 0 heterocycles. The summed E-state index contributed by atoms with van der Waals surface area (Å²) in [6, 6.07) is 0. The number of ketones is 1. The van der Waals surface area contributed by atoms with E-state index >= 15 is 0 Å². The Labute approximate surface area is 144 Å². The molecular weight excluding hydrogens is 308 g/mol. The maximum Gasteiger partial charge on any atom is 0.174 e. The molecule has 4 rings (SSSR count). The lowest BCUT2D eigenvalue weighted by Gasteiger charge is -2.60. The van der Waals surface area contributed by atoms with Crippen molar-refractivity contribution in [3.63, 3.8) is 0 Å². The lowest BCUT2D eigenvalue weighted by Crippen LogP contribution is -2.54. The second kappa shape index (κ2) is 5.08. The molecule has 3 saturated carbocycles. The van der Waals surface area contributed by atoms with E-state index in [1.165, 1.54) is 19.3 Å². The number of fused-ring (bicyclic) bond motifs is 5. The molecule has 0 saturated heterocycles. The van der Waals surface area contributed by atoms with Gasteiger partial charge in [-0.05, 0) is 85.5 Å². The van der Waals surface area contributed by atoms with Gasteiger partial charge in [0.15, 0.2) is 5.78 Å². The molecule has 3 fully saturated rings. The number of carbonyl (C=O) groups excluding carboxylic acids is 1. The van der Waals surface area contributed by atoms with Crippen LogP contribution in [0, 0.1) is 34.5 Å². The SMILES string of the molecule is CC1=C(Cl)C(=O)CC2CCC3C4CCC(O)C4(C)CCC3C12C.